The molecule has 0 aliphatic carbocycles. The third-order valence-corrected chi connectivity index (χ3v) is 1.92. The first-order valence-electron chi connectivity index (χ1n) is 5.14. The molecular weight excluding hydrogens is 188 g/mol. The van der Waals surface area contributed by atoms with Gasteiger partial charge < -0.3 is 4.74 Å². The van der Waals surface area contributed by atoms with Gasteiger partial charge in [-0.3, -0.25) is 0 Å². The minimum absolute atomic E-state index is 0.339. The van der Waals surface area contributed by atoms with E-state index in [0.29, 0.717) is 6.61 Å². The first kappa shape index (κ1) is 13.7. The van der Waals surface area contributed by atoms with Crippen LogP contribution < -0.4 is 0 Å². The van der Waals surface area contributed by atoms with Gasteiger partial charge in [0.2, 0.25) is 0 Å². The quantitative estimate of drug-likeness (QED) is 0.380. The zero-order chi connectivity index (χ0) is 11.7. The van der Waals surface area contributed by atoms with E-state index < -0.39 is 0 Å². The normalized spacial score (nSPS) is 10.7. The molecule has 0 saturated carbocycles. The topological polar surface area (TPSA) is 26.3 Å². The van der Waals surface area contributed by atoms with E-state index in [9.17, 15) is 4.79 Å². The second-order valence-electron chi connectivity index (χ2n) is 3.70. The highest BCUT2D eigenvalue weighted by Crippen LogP contribution is 2.06. The number of hydrogen-bond acceptors (Lipinski definition) is 2. The largest absolute Gasteiger partial charge is 0.458 e. The Balaban J connectivity index is 3.74. The third kappa shape index (κ3) is 9.01. The van der Waals surface area contributed by atoms with Gasteiger partial charge in [0.25, 0.3) is 0 Å². The van der Waals surface area contributed by atoms with E-state index in [2.05, 4.69) is 26.5 Å². The number of allylic oxidation sites excluding steroid dienone is 3. The maximum Gasteiger partial charge on any atom is 0.330 e. The summed E-state index contributed by atoms with van der Waals surface area (Å²) in [6.07, 6.45) is 7.36. The van der Waals surface area contributed by atoms with Crippen LogP contribution in [-0.2, 0) is 9.53 Å². The van der Waals surface area contributed by atoms with Crippen LogP contribution in [0.3, 0.4) is 0 Å². The summed E-state index contributed by atoms with van der Waals surface area (Å²) in [5, 5.41) is 0. The standard InChI is InChI=1S/C13H20O2/c1-5-13(14)15-10-9-12(4)8-6-7-11(2)3/h5,7,9H,1,6,8,10H2,2-4H3/b12-9+. The molecule has 0 fully saturated rings. The summed E-state index contributed by atoms with van der Waals surface area (Å²) in [5.41, 5.74) is 2.57. The number of ether oxygens (including phenoxy) is 1. The number of carbonyl (C=O) groups is 1. The van der Waals surface area contributed by atoms with E-state index in [4.69, 9.17) is 4.74 Å². The molecule has 0 spiro atoms. The van der Waals surface area contributed by atoms with Crippen molar-refractivity contribution in [2.75, 3.05) is 6.61 Å². The van der Waals surface area contributed by atoms with Crippen molar-refractivity contribution in [3.05, 3.63) is 36.0 Å². The van der Waals surface area contributed by atoms with Gasteiger partial charge in [0.15, 0.2) is 0 Å². The number of hydrogen-bond donors (Lipinski definition) is 0. The van der Waals surface area contributed by atoms with E-state index >= 15 is 0 Å². The van der Waals surface area contributed by atoms with Crippen molar-refractivity contribution >= 4 is 5.97 Å². The molecule has 0 saturated heterocycles. The van der Waals surface area contributed by atoms with Crippen LogP contribution in [0.1, 0.15) is 33.6 Å². The van der Waals surface area contributed by atoms with Crippen LogP contribution in [0.5, 0.6) is 0 Å². The zero-order valence-corrected chi connectivity index (χ0v) is 9.88. The second kappa shape index (κ2) is 8.04. The minimum atomic E-state index is -0.372. The van der Waals surface area contributed by atoms with Gasteiger partial charge in [0, 0.05) is 6.08 Å². The average molecular weight is 208 g/mol. The zero-order valence-electron chi connectivity index (χ0n) is 9.88. The molecule has 0 aliphatic heterocycles. The van der Waals surface area contributed by atoms with Crippen molar-refractivity contribution < 1.29 is 9.53 Å². The lowest BCUT2D eigenvalue weighted by Gasteiger charge is -2.00. The van der Waals surface area contributed by atoms with Gasteiger partial charge in [-0.2, -0.15) is 0 Å². The predicted molar refractivity (Wildman–Crippen MR) is 63.6 cm³/mol. The minimum Gasteiger partial charge on any atom is -0.458 e. The smallest absolute Gasteiger partial charge is 0.330 e. The first-order valence-corrected chi connectivity index (χ1v) is 5.14. The second-order valence-corrected chi connectivity index (χ2v) is 3.70. The Morgan fingerprint density at radius 1 is 1.27 bits per heavy atom. The maximum absolute atomic E-state index is 10.7. The van der Waals surface area contributed by atoms with Gasteiger partial charge in [0.05, 0.1) is 0 Å². The Morgan fingerprint density at radius 2 is 1.93 bits per heavy atom. The Hall–Kier alpha value is -1.31. The first-order chi connectivity index (χ1) is 7.06. The fourth-order valence-electron chi connectivity index (χ4n) is 1.02. The number of rotatable bonds is 6. The lowest BCUT2D eigenvalue weighted by atomic mass is 10.1. The molecule has 0 rings (SSSR count). The summed E-state index contributed by atoms with van der Waals surface area (Å²) in [6, 6.07) is 0. The van der Waals surface area contributed by atoms with Crippen LogP contribution in [0.25, 0.3) is 0 Å². The fourth-order valence-corrected chi connectivity index (χ4v) is 1.02. The van der Waals surface area contributed by atoms with E-state index in [1.165, 1.54) is 17.2 Å². The Bertz CT molecular complexity index is 268. The van der Waals surface area contributed by atoms with Crippen LogP contribution in [0.4, 0.5) is 0 Å². The number of esters is 1. The molecule has 0 amide bonds. The molecule has 2 heteroatoms. The summed E-state index contributed by atoms with van der Waals surface area (Å²) in [6.45, 7) is 9.88. The molecule has 0 atom stereocenters. The predicted octanol–water partition coefficient (Wildman–Crippen LogP) is 3.41. The van der Waals surface area contributed by atoms with Crippen LogP contribution in [0, 0.1) is 0 Å². The van der Waals surface area contributed by atoms with Gasteiger partial charge in [0.1, 0.15) is 6.61 Å². The molecule has 0 N–H and O–H groups in total. The van der Waals surface area contributed by atoms with E-state index in [1.807, 2.05) is 13.0 Å². The highest BCUT2D eigenvalue weighted by molar-refractivity contribution is 5.81. The molecule has 0 aromatic carbocycles. The van der Waals surface area contributed by atoms with Crippen LogP contribution >= 0.6 is 0 Å². The third-order valence-electron chi connectivity index (χ3n) is 1.92. The summed E-state index contributed by atoms with van der Waals surface area (Å²) >= 11 is 0. The van der Waals surface area contributed by atoms with Crippen molar-refractivity contribution in [1.82, 2.24) is 0 Å². The number of carbonyl (C=O) groups excluding carboxylic acids is 1. The highest BCUT2D eigenvalue weighted by Gasteiger charge is 1.93. The summed E-state index contributed by atoms with van der Waals surface area (Å²) in [4.78, 5) is 10.7. The van der Waals surface area contributed by atoms with Gasteiger partial charge in [-0.15, -0.1) is 0 Å². The molecule has 0 aromatic heterocycles. The maximum atomic E-state index is 10.7. The molecule has 0 aliphatic rings. The lowest BCUT2D eigenvalue weighted by Crippen LogP contribution is -1.99. The van der Waals surface area contributed by atoms with E-state index in [1.54, 1.807) is 0 Å². The van der Waals surface area contributed by atoms with Gasteiger partial charge >= 0.3 is 5.97 Å². The SMILES string of the molecule is C=CC(=O)OC/C=C(\C)CCC=C(C)C. The molecule has 0 radical (unpaired) electrons. The van der Waals surface area contributed by atoms with Gasteiger partial charge in [-0.05, 0) is 39.7 Å². The lowest BCUT2D eigenvalue weighted by molar-refractivity contribution is -0.136. The molecule has 2 nitrogen and oxygen atoms in total. The summed E-state index contributed by atoms with van der Waals surface area (Å²) < 4.78 is 4.84. The van der Waals surface area contributed by atoms with Gasteiger partial charge in [-0.25, -0.2) is 4.79 Å². The molecular formula is C13H20O2. The molecule has 0 unspecified atom stereocenters. The Morgan fingerprint density at radius 3 is 2.47 bits per heavy atom. The molecule has 0 heterocycles. The van der Waals surface area contributed by atoms with Crippen molar-refractivity contribution in [3.63, 3.8) is 0 Å². The van der Waals surface area contributed by atoms with Crippen LogP contribution in [0.2, 0.25) is 0 Å². The van der Waals surface area contributed by atoms with Crippen LogP contribution in [-0.4, -0.2) is 12.6 Å². The van der Waals surface area contributed by atoms with E-state index in [-0.39, 0.29) is 5.97 Å². The monoisotopic (exact) mass is 208 g/mol. The van der Waals surface area contributed by atoms with Crippen molar-refractivity contribution in [2.45, 2.75) is 33.6 Å². The van der Waals surface area contributed by atoms with Crippen molar-refractivity contribution in [1.29, 1.82) is 0 Å². The molecule has 84 valence electrons. The van der Waals surface area contributed by atoms with Crippen LogP contribution in [0.15, 0.2) is 36.0 Å². The molecule has 0 aromatic rings. The van der Waals surface area contributed by atoms with E-state index in [0.717, 1.165) is 12.8 Å². The fraction of sp³-hybridized carbons (Fsp3) is 0.462. The van der Waals surface area contributed by atoms with Gasteiger partial charge in [-0.1, -0.05) is 23.8 Å². The average Bonchev–Trinajstić information content (AvgIpc) is 2.17. The molecule has 15 heavy (non-hydrogen) atoms. The summed E-state index contributed by atoms with van der Waals surface area (Å²) in [7, 11) is 0. The Kier molecular flexibility index (Phi) is 7.33. The molecule has 0 bridgehead atoms. The highest BCUT2D eigenvalue weighted by atomic mass is 16.5. The van der Waals surface area contributed by atoms with Crippen molar-refractivity contribution in [2.24, 2.45) is 0 Å². The Labute approximate surface area is 92.3 Å². The summed E-state index contributed by atoms with van der Waals surface area (Å²) in [5.74, 6) is -0.372. The van der Waals surface area contributed by atoms with Crippen molar-refractivity contribution in [3.8, 4) is 0 Å².